The van der Waals surface area contributed by atoms with Crippen LogP contribution in [0.25, 0.3) is 118 Å². The minimum Gasteiger partial charge on any atom is -0.246 e. The van der Waals surface area contributed by atoms with Crippen molar-refractivity contribution in [1.29, 1.82) is 0 Å². The Balaban J connectivity index is 1.02. The number of benzene rings is 8. The molecule has 0 unspecified atom stereocenters. The third-order valence-electron chi connectivity index (χ3n) is 11.3. The normalized spacial score (nSPS) is 11.8. The number of thiophene rings is 2. The van der Waals surface area contributed by atoms with Gasteiger partial charge in [0.15, 0.2) is 5.82 Å². The molecule has 0 aliphatic rings. The second-order valence-electron chi connectivity index (χ2n) is 14.7. The lowest BCUT2D eigenvalue weighted by Gasteiger charge is -2.15. The minimum absolute atomic E-state index is 0.714. The molecule has 12 aromatic rings. The highest BCUT2D eigenvalue weighted by Crippen LogP contribution is 2.45. The van der Waals surface area contributed by atoms with Crippen molar-refractivity contribution in [3.63, 3.8) is 0 Å². The van der Waals surface area contributed by atoms with Crippen molar-refractivity contribution in [3.05, 3.63) is 188 Å². The molecule has 4 aromatic heterocycles. The van der Waals surface area contributed by atoms with Crippen LogP contribution in [0, 0.1) is 0 Å². The maximum absolute atomic E-state index is 5.51. The molecule has 0 fully saturated rings. The molecule has 0 spiro atoms. The summed E-state index contributed by atoms with van der Waals surface area (Å²) >= 11 is 3.67. The van der Waals surface area contributed by atoms with Gasteiger partial charge < -0.3 is 0 Å². The van der Waals surface area contributed by atoms with Crippen molar-refractivity contribution in [2.45, 2.75) is 0 Å². The first kappa shape index (κ1) is 33.1. The summed E-state index contributed by atoms with van der Waals surface area (Å²) in [6, 6.07) is 67.1. The summed E-state index contributed by atoms with van der Waals surface area (Å²) in [4.78, 5) is 15.9. The molecule has 0 aliphatic carbocycles. The highest BCUT2D eigenvalue weighted by molar-refractivity contribution is 7.26. The number of para-hydroxylation sites is 1. The Hall–Kier alpha value is -7.05. The maximum atomic E-state index is 5.51. The summed E-state index contributed by atoms with van der Waals surface area (Å²) in [5, 5.41) is 8.73. The van der Waals surface area contributed by atoms with E-state index in [0.717, 1.165) is 61.4 Å². The topological polar surface area (TPSA) is 38.7 Å². The molecule has 0 bridgehead atoms. The third-order valence-corrected chi connectivity index (χ3v) is 13.6. The van der Waals surface area contributed by atoms with Crippen molar-refractivity contribution in [3.8, 4) is 56.3 Å². The molecule has 58 heavy (non-hydrogen) atoms. The van der Waals surface area contributed by atoms with E-state index < -0.39 is 0 Å². The van der Waals surface area contributed by atoms with Gasteiger partial charge in [0.25, 0.3) is 0 Å². The first-order valence-corrected chi connectivity index (χ1v) is 21.1. The number of hydrogen-bond acceptors (Lipinski definition) is 5. The van der Waals surface area contributed by atoms with Crippen LogP contribution >= 0.6 is 22.7 Å². The quantitative estimate of drug-likeness (QED) is 0.164. The monoisotopic (exact) mass is 773 g/mol. The molecule has 4 heterocycles. The van der Waals surface area contributed by atoms with E-state index in [0.29, 0.717) is 5.82 Å². The third kappa shape index (κ3) is 5.36. The average Bonchev–Trinajstić information content (AvgIpc) is 3.87. The van der Waals surface area contributed by atoms with Crippen LogP contribution in [0.4, 0.5) is 0 Å². The van der Waals surface area contributed by atoms with Crippen LogP contribution in [-0.2, 0) is 0 Å². The van der Waals surface area contributed by atoms with Gasteiger partial charge in [-0.2, -0.15) is 0 Å². The van der Waals surface area contributed by atoms with Gasteiger partial charge in [-0.1, -0.05) is 158 Å². The predicted octanol–water partition coefficient (Wildman–Crippen LogP) is 15.2. The van der Waals surface area contributed by atoms with Crippen LogP contribution in [0.3, 0.4) is 0 Å². The fraction of sp³-hybridized carbons (Fsp3) is 0. The second-order valence-corrected chi connectivity index (χ2v) is 16.9. The first-order valence-electron chi connectivity index (χ1n) is 19.4. The SMILES string of the molecule is c1ccc(-c2cc(-c3ccc(-c4cccc5c4nc(-c4ccccc4)c4ccc6sc7ccccc7c6c45)cc3)nc(-c3ccc4c(c3)sc3ccccc34)n2)cc1. The highest BCUT2D eigenvalue weighted by Gasteiger charge is 2.19. The zero-order chi connectivity index (χ0) is 38.2. The molecule has 0 radical (unpaired) electrons. The van der Waals surface area contributed by atoms with Gasteiger partial charge in [0.2, 0.25) is 0 Å². The van der Waals surface area contributed by atoms with E-state index in [1.54, 1.807) is 0 Å². The van der Waals surface area contributed by atoms with Gasteiger partial charge in [-0.05, 0) is 35.9 Å². The van der Waals surface area contributed by atoms with Crippen LogP contribution in [-0.4, -0.2) is 15.0 Å². The standard InChI is InChI=1S/C53H31N3S2/c1-3-12-33(13-4-1)43-31-44(55-53(54-43)36-26-27-39-38-16-7-9-20-45(38)58-48(39)30-36)34-24-22-32(23-25-34)37-18-11-19-41-49-42(51(56-52(37)41)35-14-5-2-6-15-35)28-29-47-50(49)40-17-8-10-21-46(40)57-47/h1-31H. The molecule has 3 nitrogen and oxygen atoms in total. The lowest BCUT2D eigenvalue weighted by molar-refractivity contribution is 1.18. The molecule has 0 aliphatic heterocycles. The average molecular weight is 774 g/mol. The molecular formula is C53H31N3S2. The van der Waals surface area contributed by atoms with E-state index in [-0.39, 0.29) is 0 Å². The fourth-order valence-electron chi connectivity index (χ4n) is 8.55. The van der Waals surface area contributed by atoms with Crippen molar-refractivity contribution < 1.29 is 0 Å². The molecule has 0 saturated heterocycles. The summed E-state index contributed by atoms with van der Waals surface area (Å²) in [6.45, 7) is 0. The Kier molecular flexibility index (Phi) is 7.58. The Bertz CT molecular complexity index is 3550. The van der Waals surface area contributed by atoms with E-state index in [1.807, 2.05) is 28.7 Å². The summed E-state index contributed by atoms with van der Waals surface area (Å²) < 4.78 is 5.11. The zero-order valence-electron chi connectivity index (χ0n) is 31.1. The summed E-state index contributed by atoms with van der Waals surface area (Å²) in [7, 11) is 0. The van der Waals surface area contributed by atoms with Gasteiger partial charge in [0, 0.05) is 84.3 Å². The molecule has 0 saturated carbocycles. The first-order chi connectivity index (χ1) is 28.7. The van der Waals surface area contributed by atoms with Gasteiger partial charge in [-0.3, -0.25) is 0 Å². The van der Waals surface area contributed by atoms with Crippen LogP contribution in [0.5, 0.6) is 0 Å². The fourth-order valence-corrected chi connectivity index (χ4v) is 10.8. The summed E-state index contributed by atoms with van der Waals surface area (Å²) in [5.74, 6) is 0.714. The Labute approximate surface area is 342 Å². The molecule has 270 valence electrons. The molecular weight excluding hydrogens is 743 g/mol. The number of hydrogen-bond donors (Lipinski definition) is 0. The number of aromatic nitrogens is 3. The number of pyridine rings is 1. The minimum atomic E-state index is 0.714. The van der Waals surface area contributed by atoms with E-state index >= 15 is 0 Å². The largest absolute Gasteiger partial charge is 0.246 e. The van der Waals surface area contributed by atoms with Crippen molar-refractivity contribution >= 4 is 84.7 Å². The smallest absolute Gasteiger partial charge is 0.160 e. The van der Waals surface area contributed by atoms with E-state index in [1.165, 1.54) is 51.1 Å². The van der Waals surface area contributed by atoms with Crippen LogP contribution < -0.4 is 0 Å². The van der Waals surface area contributed by atoms with Crippen LogP contribution in [0.1, 0.15) is 0 Å². The molecule has 0 atom stereocenters. The number of fused-ring (bicyclic) bond motifs is 10. The van der Waals surface area contributed by atoms with Gasteiger partial charge in [0.1, 0.15) is 0 Å². The maximum Gasteiger partial charge on any atom is 0.160 e. The summed E-state index contributed by atoms with van der Waals surface area (Å²) in [6.07, 6.45) is 0. The predicted molar refractivity (Wildman–Crippen MR) is 248 cm³/mol. The number of nitrogens with zero attached hydrogens (tertiary/aromatic N) is 3. The highest BCUT2D eigenvalue weighted by atomic mass is 32.1. The van der Waals surface area contributed by atoms with E-state index in [4.69, 9.17) is 15.0 Å². The Morgan fingerprint density at radius 3 is 1.66 bits per heavy atom. The Morgan fingerprint density at radius 1 is 0.310 bits per heavy atom. The Morgan fingerprint density at radius 2 is 0.879 bits per heavy atom. The second kappa shape index (κ2) is 13.3. The van der Waals surface area contributed by atoms with Crippen molar-refractivity contribution in [2.24, 2.45) is 0 Å². The van der Waals surface area contributed by atoms with E-state index in [2.05, 4.69) is 182 Å². The van der Waals surface area contributed by atoms with Gasteiger partial charge in [-0.15, -0.1) is 22.7 Å². The zero-order valence-corrected chi connectivity index (χ0v) is 32.7. The summed E-state index contributed by atoms with van der Waals surface area (Å²) in [5.41, 5.74) is 10.2. The lowest BCUT2D eigenvalue weighted by Crippen LogP contribution is -1.96. The van der Waals surface area contributed by atoms with Crippen molar-refractivity contribution in [1.82, 2.24) is 15.0 Å². The molecule has 8 aromatic carbocycles. The van der Waals surface area contributed by atoms with Gasteiger partial charge >= 0.3 is 0 Å². The number of rotatable bonds is 5. The van der Waals surface area contributed by atoms with Crippen LogP contribution in [0.15, 0.2) is 188 Å². The van der Waals surface area contributed by atoms with Gasteiger partial charge in [-0.25, -0.2) is 15.0 Å². The molecule has 0 N–H and O–H groups in total. The van der Waals surface area contributed by atoms with Crippen LogP contribution in [0.2, 0.25) is 0 Å². The molecule has 5 heteroatoms. The van der Waals surface area contributed by atoms with E-state index in [9.17, 15) is 0 Å². The lowest BCUT2D eigenvalue weighted by atomic mass is 9.93. The van der Waals surface area contributed by atoms with Crippen molar-refractivity contribution in [2.75, 3.05) is 0 Å². The molecule has 0 amide bonds. The van der Waals surface area contributed by atoms with Gasteiger partial charge in [0.05, 0.1) is 22.6 Å². The molecule has 12 rings (SSSR count).